The molecule has 1 aliphatic rings. The van der Waals surface area contributed by atoms with Crippen LogP contribution in [0.2, 0.25) is 0 Å². The van der Waals surface area contributed by atoms with Gasteiger partial charge in [-0.05, 0) is 43.3 Å². The first-order valence-electron chi connectivity index (χ1n) is 8.71. The van der Waals surface area contributed by atoms with Crippen LogP contribution in [0.5, 0.6) is 11.5 Å². The van der Waals surface area contributed by atoms with Gasteiger partial charge in [0.2, 0.25) is 5.91 Å². The highest BCUT2D eigenvalue weighted by atomic mass is 16.6. The second-order valence-corrected chi connectivity index (χ2v) is 6.15. The van der Waals surface area contributed by atoms with E-state index in [2.05, 4.69) is 10.6 Å². The normalized spacial score (nSPS) is 13.2. The zero-order valence-corrected chi connectivity index (χ0v) is 15.5. The first-order chi connectivity index (χ1) is 13.4. The molecule has 2 aromatic rings. The molecular formula is C20H20N2O6. The summed E-state index contributed by atoms with van der Waals surface area (Å²) in [6, 6.07) is 11.2. The zero-order chi connectivity index (χ0) is 20.1. The Morgan fingerprint density at radius 1 is 0.929 bits per heavy atom. The Morgan fingerprint density at radius 3 is 2.25 bits per heavy atom. The van der Waals surface area contributed by atoms with Crippen LogP contribution in [-0.2, 0) is 14.3 Å². The number of esters is 1. The van der Waals surface area contributed by atoms with E-state index in [-0.39, 0.29) is 11.5 Å². The number of amides is 2. The summed E-state index contributed by atoms with van der Waals surface area (Å²) in [5.74, 6) is -0.154. The number of rotatable bonds is 5. The molecule has 1 atom stereocenters. The summed E-state index contributed by atoms with van der Waals surface area (Å²) < 4.78 is 16.1. The molecule has 0 saturated heterocycles. The summed E-state index contributed by atoms with van der Waals surface area (Å²) in [5.41, 5.74) is 1.35. The lowest BCUT2D eigenvalue weighted by Crippen LogP contribution is -2.30. The molecule has 0 unspecified atom stereocenters. The van der Waals surface area contributed by atoms with Gasteiger partial charge in [-0.15, -0.1) is 0 Å². The monoisotopic (exact) mass is 384 g/mol. The molecule has 0 saturated carbocycles. The number of nitrogens with one attached hydrogen (secondary N) is 2. The summed E-state index contributed by atoms with van der Waals surface area (Å²) >= 11 is 0. The fourth-order valence-electron chi connectivity index (χ4n) is 2.54. The number of carbonyl (C=O) groups is 3. The topological polar surface area (TPSA) is 103 Å². The van der Waals surface area contributed by atoms with Crippen molar-refractivity contribution in [1.82, 2.24) is 0 Å². The molecular weight excluding hydrogens is 364 g/mol. The van der Waals surface area contributed by atoms with Gasteiger partial charge >= 0.3 is 5.97 Å². The highest BCUT2D eigenvalue weighted by molar-refractivity contribution is 5.98. The van der Waals surface area contributed by atoms with Gasteiger partial charge in [0.05, 0.1) is 5.56 Å². The number of fused-ring (bicyclic) bond motifs is 1. The molecule has 1 aliphatic heterocycles. The maximum absolute atomic E-state index is 12.3. The first kappa shape index (κ1) is 19.2. The average Bonchev–Trinajstić information content (AvgIpc) is 2.67. The minimum absolute atomic E-state index is 0.209. The van der Waals surface area contributed by atoms with Crippen molar-refractivity contribution in [3.8, 4) is 11.5 Å². The molecule has 0 aromatic heterocycles. The van der Waals surface area contributed by atoms with E-state index in [1.54, 1.807) is 30.3 Å². The van der Waals surface area contributed by atoms with Gasteiger partial charge in [-0.1, -0.05) is 0 Å². The molecule has 0 radical (unpaired) electrons. The van der Waals surface area contributed by atoms with Gasteiger partial charge < -0.3 is 24.8 Å². The molecule has 3 rings (SSSR count). The molecule has 8 heteroatoms. The maximum Gasteiger partial charge on any atom is 0.338 e. The van der Waals surface area contributed by atoms with Gasteiger partial charge in [0.15, 0.2) is 17.6 Å². The number of carbonyl (C=O) groups excluding carboxylic acids is 3. The van der Waals surface area contributed by atoms with E-state index in [0.717, 1.165) is 0 Å². The lowest BCUT2D eigenvalue weighted by Gasteiger charge is -2.19. The third kappa shape index (κ3) is 4.79. The summed E-state index contributed by atoms with van der Waals surface area (Å²) in [6.07, 6.45) is -1.00. The lowest BCUT2D eigenvalue weighted by atomic mass is 10.2. The van der Waals surface area contributed by atoms with Gasteiger partial charge in [-0.3, -0.25) is 9.59 Å². The number of ether oxygens (including phenoxy) is 3. The lowest BCUT2D eigenvalue weighted by molar-refractivity contribution is -0.123. The average molecular weight is 384 g/mol. The Kier molecular flexibility index (Phi) is 5.78. The minimum atomic E-state index is -1.00. The Morgan fingerprint density at radius 2 is 1.57 bits per heavy atom. The minimum Gasteiger partial charge on any atom is -0.486 e. The van der Waals surface area contributed by atoms with Crippen LogP contribution in [0.4, 0.5) is 11.4 Å². The Bertz CT molecular complexity index is 894. The van der Waals surface area contributed by atoms with Crippen LogP contribution in [0, 0.1) is 0 Å². The molecule has 1 heterocycles. The number of benzene rings is 2. The highest BCUT2D eigenvalue weighted by Gasteiger charge is 2.20. The quantitative estimate of drug-likeness (QED) is 0.768. The predicted octanol–water partition coefficient (Wildman–Crippen LogP) is 2.60. The van der Waals surface area contributed by atoms with Gasteiger partial charge in [0.25, 0.3) is 5.91 Å². The standard InChI is InChI=1S/C20H20N2O6/c1-12(28-20(25)14-3-5-15(6-4-14)21-13(2)23)19(24)22-16-7-8-17-18(11-16)27-10-9-26-17/h3-8,11-12H,9-10H2,1-2H3,(H,21,23)(H,22,24)/t12-/m1/s1. The molecule has 0 spiro atoms. The van der Waals surface area contributed by atoms with Crippen LogP contribution in [0.1, 0.15) is 24.2 Å². The number of hydrogen-bond donors (Lipinski definition) is 2. The predicted molar refractivity (Wildman–Crippen MR) is 102 cm³/mol. The van der Waals surface area contributed by atoms with E-state index >= 15 is 0 Å². The molecule has 2 aromatic carbocycles. The van der Waals surface area contributed by atoms with Crippen LogP contribution >= 0.6 is 0 Å². The molecule has 146 valence electrons. The van der Waals surface area contributed by atoms with Crippen molar-refractivity contribution in [2.45, 2.75) is 20.0 Å². The van der Waals surface area contributed by atoms with Crippen molar-refractivity contribution in [2.75, 3.05) is 23.8 Å². The van der Waals surface area contributed by atoms with Crippen molar-refractivity contribution in [2.24, 2.45) is 0 Å². The van der Waals surface area contributed by atoms with E-state index < -0.39 is 18.0 Å². The summed E-state index contributed by atoms with van der Waals surface area (Å²) in [7, 11) is 0. The second kappa shape index (κ2) is 8.43. The van der Waals surface area contributed by atoms with E-state index in [4.69, 9.17) is 14.2 Å². The summed E-state index contributed by atoms with van der Waals surface area (Å²) in [5, 5.41) is 5.28. The Labute approximate surface area is 161 Å². The largest absolute Gasteiger partial charge is 0.486 e. The van der Waals surface area contributed by atoms with E-state index in [9.17, 15) is 14.4 Å². The van der Waals surface area contributed by atoms with Crippen molar-refractivity contribution >= 4 is 29.2 Å². The Balaban J connectivity index is 1.57. The molecule has 0 bridgehead atoms. The van der Waals surface area contributed by atoms with E-state index in [1.165, 1.54) is 26.0 Å². The molecule has 0 fully saturated rings. The number of anilines is 2. The summed E-state index contributed by atoms with van der Waals surface area (Å²) in [4.78, 5) is 35.5. The van der Waals surface area contributed by atoms with Crippen LogP contribution in [0.15, 0.2) is 42.5 Å². The van der Waals surface area contributed by atoms with E-state index in [1.807, 2.05) is 0 Å². The first-order valence-corrected chi connectivity index (χ1v) is 8.71. The van der Waals surface area contributed by atoms with Crippen LogP contribution in [-0.4, -0.2) is 37.1 Å². The van der Waals surface area contributed by atoms with Crippen LogP contribution in [0.25, 0.3) is 0 Å². The third-order valence-corrected chi connectivity index (χ3v) is 3.90. The highest BCUT2D eigenvalue weighted by Crippen LogP contribution is 2.32. The molecule has 2 amide bonds. The second-order valence-electron chi connectivity index (χ2n) is 6.15. The van der Waals surface area contributed by atoms with Gasteiger partial charge in [0.1, 0.15) is 13.2 Å². The maximum atomic E-state index is 12.3. The van der Waals surface area contributed by atoms with Crippen molar-refractivity contribution in [1.29, 1.82) is 0 Å². The van der Waals surface area contributed by atoms with Crippen LogP contribution in [0.3, 0.4) is 0 Å². The molecule has 8 nitrogen and oxygen atoms in total. The smallest absolute Gasteiger partial charge is 0.338 e. The fraction of sp³-hybridized carbons (Fsp3) is 0.250. The number of hydrogen-bond acceptors (Lipinski definition) is 6. The van der Waals surface area contributed by atoms with Crippen molar-refractivity contribution in [3.63, 3.8) is 0 Å². The SMILES string of the molecule is CC(=O)Nc1ccc(C(=O)O[C@H](C)C(=O)Nc2ccc3c(c2)OCCO3)cc1. The van der Waals surface area contributed by atoms with Gasteiger partial charge in [-0.2, -0.15) is 0 Å². The molecule has 0 aliphatic carbocycles. The van der Waals surface area contributed by atoms with Gasteiger partial charge in [-0.25, -0.2) is 4.79 Å². The summed E-state index contributed by atoms with van der Waals surface area (Å²) in [6.45, 7) is 3.80. The van der Waals surface area contributed by atoms with Crippen molar-refractivity contribution in [3.05, 3.63) is 48.0 Å². The van der Waals surface area contributed by atoms with Gasteiger partial charge in [0, 0.05) is 24.4 Å². The molecule has 28 heavy (non-hydrogen) atoms. The fourth-order valence-corrected chi connectivity index (χ4v) is 2.54. The zero-order valence-electron chi connectivity index (χ0n) is 15.5. The third-order valence-electron chi connectivity index (χ3n) is 3.90. The molecule has 2 N–H and O–H groups in total. The van der Waals surface area contributed by atoms with Crippen molar-refractivity contribution < 1.29 is 28.6 Å². The van der Waals surface area contributed by atoms with E-state index in [0.29, 0.717) is 36.1 Å². The van der Waals surface area contributed by atoms with Crippen LogP contribution < -0.4 is 20.1 Å². The Hall–Kier alpha value is -3.55.